The van der Waals surface area contributed by atoms with E-state index in [1.165, 1.54) is 24.4 Å². The molecule has 0 radical (unpaired) electrons. The van der Waals surface area contributed by atoms with Crippen LogP contribution >= 0.6 is 11.6 Å². The van der Waals surface area contributed by atoms with Gasteiger partial charge < -0.3 is 15.5 Å². The predicted molar refractivity (Wildman–Crippen MR) is 120 cm³/mol. The Morgan fingerprint density at radius 2 is 1.91 bits per heavy atom. The molecule has 1 aromatic heterocycles. The molecule has 3 amide bonds. The van der Waals surface area contributed by atoms with Gasteiger partial charge in [-0.1, -0.05) is 35.9 Å². The second-order valence-corrected chi connectivity index (χ2v) is 8.20. The van der Waals surface area contributed by atoms with E-state index in [1.807, 2.05) is 24.3 Å². The molecule has 4 rings (SSSR count). The topological polar surface area (TPSA) is 91.4 Å². The molecule has 7 nitrogen and oxygen atoms in total. The molecular weight excluding hydrogens is 473 g/mol. The van der Waals surface area contributed by atoms with Gasteiger partial charge in [-0.3, -0.25) is 19.4 Å². The molecule has 0 saturated heterocycles. The third-order valence-corrected chi connectivity index (χ3v) is 5.61. The van der Waals surface area contributed by atoms with Crippen LogP contribution in [0, 0.1) is 0 Å². The first-order valence-corrected chi connectivity index (χ1v) is 10.6. The number of rotatable bonds is 5. The Kier molecular flexibility index (Phi) is 6.43. The van der Waals surface area contributed by atoms with Crippen LogP contribution in [0.2, 0.25) is 5.02 Å². The SMILES string of the molecule is O=C(CN1CC(C(=O)Nc2cncc3ccccc23)c2cc(Cl)ccc2C1=O)NCC(F)(F)F. The third kappa shape index (κ3) is 5.12. The number of hydrogen-bond acceptors (Lipinski definition) is 4. The fourth-order valence-corrected chi connectivity index (χ4v) is 3.99. The van der Waals surface area contributed by atoms with Gasteiger partial charge >= 0.3 is 6.18 Å². The van der Waals surface area contributed by atoms with E-state index < -0.39 is 42.9 Å². The molecule has 2 N–H and O–H groups in total. The maximum absolute atomic E-state index is 13.3. The smallest absolute Gasteiger partial charge is 0.345 e. The number of benzene rings is 2. The number of alkyl halides is 3. The quantitative estimate of drug-likeness (QED) is 0.570. The molecule has 1 atom stereocenters. The number of fused-ring (bicyclic) bond motifs is 2. The first-order valence-electron chi connectivity index (χ1n) is 10.2. The molecule has 2 aromatic carbocycles. The first kappa shape index (κ1) is 23.5. The van der Waals surface area contributed by atoms with Crippen LogP contribution in [0.5, 0.6) is 0 Å². The average Bonchev–Trinajstić information content (AvgIpc) is 2.79. The molecule has 2 heterocycles. The maximum atomic E-state index is 13.3. The molecule has 3 aromatic rings. The maximum Gasteiger partial charge on any atom is 0.405 e. The highest BCUT2D eigenvalue weighted by molar-refractivity contribution is 6.30. The fraction of sp³-hybridized carbons (Fsp3) is 0.217. The second kappa shape index (κ2) is 9.30. The zero-order valence-electron chi connectivity index (χ0n) is 17.5. The Balaban J connectivity index is 1.60. The fourth-order valence-electron chi connectivity index (χ4n) is 3.81. The highest BCUT2D eigenvalue weighted by Gasteiger charge is 2.37. The first-order chi connectivity index (χ1) is 16.1. The van der Waals surface area contributed by atoms with Gasteiger partial charge in [-0.2, -0.15) is 13.2 Å². The van der Waals surface area contributed by atoms with Crippen molar-refractivity contribution in [2.75, 3.05) is 25.0 Å². The molecule has 176 valence electrons. The Labute approximate surface area is 196 Å². The number of amides is 3. The Hall–Kier alpha value is -3.66. The average molecular weight is 491 g/mol. The van der Waals surface area contributed by atoms with Crippen LogP contribution in [0.1, 0.15) is 21.8 Å². The minimum Gasteiger partial charge on any atom is -0.345 e. The van der Waals surface area contributed by atoms with Crippen molar-refractivity contribution in [1.82, 2.24) is 15.2 Å². The largest absolute Gasteiger partial charge is 0.405 e. The van der Waals surface area contributed by atoms with Crippen molar-refractivity contribution in [3.05, 3.63) is 71.0 Å². The van der Waals surface area contributed by atoms with Crippen molar-refractivity contribution in [1.29, 1.82) is 0 Å². The summed E-state index contributed by atoms with van der Waals surface area (Å²) in [5, 5.41) is 6.44. The van der Waals surface area contributed by atoms with Crippen LogP contribution in [0.4, 0.5) is 18.9 Å². The third-order valence-electron chi connectivity index (χ3n) is 5.37. The zero-order valence-corrected chi connectivity index (χ0v) is 18.3. The number of aromatic nitrogens is 1. The normalized spacial score (nSPS) is 15.7. The minimum absolute atomic E-state index is 0.149. The van der Waals surface area contributed by atoms with Gasteiger partial charge in [0.1, 0.15) is 6.54 Å². The van der Waals surface area contributed by atoms with E-state index in [0.717, 1.165) is 15.7 Å². The van der Waals surface area contributed by atoms with Crippen LogP contribution in [0.15, 0.2) is 54.9 Å². The summed E-state index contributed by atoms with van der Waals surface area (Å²) in [6, 6.07) is 11.7. The molecule has 0 aliphatic carbocycles. The van der Waals surface area contributed by atoms with Gasteiger partial charge in [0.2, 0.25) is 11.8 Å². The predicted octanol–water partition coefficient (Wildman–Crippen LogP) is 3.74. The molecule has 0 fully saturated rings. The van der Waals surface area contributed by atoms with E-state index in [-0.39, 0.29) is 12.1 Å². The van der Waals surface area contributed by atoms with E-state index in [4.69, 9.17) is 11.6 Å². The lowest BCUT2D eigenvalue weighted by molar-refractivity contribution is -0.138. The van der Waals surface area contributed by atoms with Gasteiger partial charge in [-0.25, -0.2) is 0 Å². The van der Waals surface area contributed by atoms with Crippen LogP contribution in [-0.2, 0) is 9.59 Å². The molecule has 34 heavy (non-hydrogen) atoms. The van der Waals surface area contributed by atoms with Crippen molar-refractivity contribution in [2.45, 2.75) is 12.1 Å². The van der Waals surface area contributed by atoms with Crippen molar-refractivity contribution < 1.29 is 27.6 Å². The Bertz CT molecular complexity index is 1280. The monoisotopic (exact) mass is 490 g/mol. The van der Waals surface area contributed by atoms with Crippen molar-refractivity contribution in [3.8, 4) is 0 Å². The molecule has 0 saturated carbocycles. The Morgan fingerprint density at radius 1 is 1.15 bits per heavy atom. The number of anilines is 1. The molecule has 1 unspecified atom stereocenters. The van der Waals surface area contributed by atoms with E-state index in [0.29, 0.717) is 16.3 Å². The number of carbonyl (C=O) groups is 3. The summed E-state index contributed by atoms with van der Waals surface area (Å²) in [5.74, 6) is -2.96. The molecule has 11 heteroatoms. The molecular formula is C23H18ClF3N4O3. The lowest BCUT2D eigenvalue weighted by Gasteiger charge is -2.33. The molecule has 0 bridgehead atoms. The number of nitrogens with zero attached hydrogens (tertiary/aromatic N) is 2. The standard InChI is InChI=1S/C23H18ClF3N4O3/c24-14-5-6-16-17(7-14)18(10-31(22(16)34)11-20(32)29-12-23(25,26)27)21(33)30-19-9-28-8-13-3-1-2-4-15(13)19/h1-9,18H,10-12H2,(H,29,32)(H,30,33). The summed E-state index contributed by atoms with van der Waals surface area (Å²) in [6.07, 6.45) is -1.43. The Morgan fingerprint density at radius 3 is 2.68 bits per heavy atom. The van der Waals surface area contributed by atoms with Crippen molar-refractivity contribution in [3.63, 3.8) is 0 Å². The lowest BCUT2D eigenvalue weighted by Crippen LogP contribution is -2.48. The number of nitrogens with one attached hydrogen (secondary N) is 2. The summed E-state index contributed by atoms with van der Waals surface area (Å²) >= 11 is 6.10. The summed E-state index contributed by atoms with van der Waals surface area (Å²) in [4.78, 5) is 43.4. The minimum atomic E-state index is -4.58. The van der Waals surface area contributed by atoms with Crippen LogP contribution in [-0.4, -0.2) is 53.4 Å². The number of halogens is 4. The summed E-state index contributed by atoms with van der Waals surface area (Å²) < 4.78 is 37.3. The van der Waals surface area contributed by atoms with Gasteiger partial charge in [-0.05, 0) is 23.8 Å². The summed E-state index contributed by atoms with van der Waals surface area (Å²) in [5.41, 5.74) is 0.976. The molecule has 1 aliphatic heterocycles. The van der Waals surface area contributed by atoms with Gasteiger partial charge in [0.25, 0.3) is 5.91 Å². The van der Waals surface area contributed by atoms with E-state index in [1.54, 1.807) is 11.5 Å². The van der Waals surface area contributed by atoms with Crippen molar-refractivity contribution >= 4 is 45.8 Å². The number of pyridine rings is 1. The van der Waals surface area contributed by atoms with E-state index in [9.17, 15) is 27.6 Å². The van der Waals surface area contributed by atoms with Gasteiger partial charge in [0.15, 0.2) is 0 Å². The summed E-state index contributed by atoms with van der Waals surface area (Å²) in [6.45, 7) is -2.36. The summed E-state index contributed by atoms with van der Waals surface area (Å²) in [7, 11) is 0. The van der Waals surface area contributed by atoms with Crippen molar-refractivity contribution in [2.24, 2.45) is 0 Å². The van der Waals surface area contributed by atoms with Gasteiger partial charge in [0.05, 0.1) is 24.3 Å². The van der Waals surface area contributed by atoms with Crippen LogP contribution in [0.25, 0.3) is 10.8 Å². The zero-order chi connectivity index (χ0) is 24.5. The van der Waals surface area contributed by atoms with Crippen LogP contribution < -0.4 is 10.6 Å². The van der Waals surface area contributed by atoms with E-state index >= 15 is 0 Å². The molecule has 0 spiro atoms. The highest BCUT2D eigenvalue weighted by Crippen LogP contribution is 2.32. The van der Waals surface area contributed by atoms with Crippen LogP contribution in [0.3, 0.4) is 0 Å². The second-order valence-electron chi connectivity index (χ2n) is 7.76. The van der Waals surface area contributed by atoms with Gasteiger partial charge in [-0.15, -0.1) is 0 Å². The molecule has 1 aliphatic rings. The highest BCUT2D eigenvalue weighted by atomic mass is 35.5. The number of carbonyl (C=O) groups excluding carboxylic acids is 3. The van der Waals surface area contributed by atoms with Gasteiger partial charge in [0, 0.05) is 34.1 Å². The number of hydrogen-bond donors (Lipinski definition) is 2. The van der Waals surface area contributed by atoms with E-state index in [2.05, 4.69) is 10.3 Å². The lowest BCUT2D eigenvalue weighted by atomic mass is 9.88.